The summed E-state index contributed by atoms with van der Waals surface area (Å²) >= 11 is 5.25. The first-order chi connectivity index (χ1) is 18.9. The molecule has 0 saturated carbocycles. The third-order valence-electron chi connectivity index (χ3n) is 7.08. The Morgan fingerprint density at radius 2 is 1.62 bits per heavy atom. The van der Waals surface area contributed by atoms with Gasteiger partial charge < -0.3 is 15.6 Å². The molecule has 5 aromatic rings. The molecule has 7 rings (SSSR count). The molecule has 39 heavy (non-hydrogen) atoms. The normalized spacial score (nSPS) is 16.7. The van der Waals surface area contributed by atoms with Crippen LogP contribution >= 0.6 is 12.2 Å². The average Bonchev–Trinajstić information content (AvgIpc) is 3.45. The van der Waals surface area contributed by atoms with Gasteiger partial charge in [0.2, 0.25) is 5.91 Å². The Labute approximate surface area is 224 Å². The number of aromatic amines is 2. The van der Waals surface area contributed by atoms with Crippen LogP contribution in [0.2, 0.25) is 0 Å². The summed E-state index contributed by atoms with van der Waals surface area (Å²) < 4.78 is 1.71. The van der Waals surface area contributed by atoms with Crippen molar-refractivity contribution in [1.29, 1.82) is 0 Å². The maximum Gasteiger partial charge on any atom is 0.269 e. The maximum atomic E-state index is 14.2. The quantitative estimate of drug-likeness (QED) is 0.150. The smallest absolute Gasteiger partial charge is 0.269 e. The highest BCUT2D eigenvalue weighted by Crippen LogP contribution is 2.56. The van der Waals surface area contributed by atoms with E-state index in [4.69, 9.17) is 17.3 Å². The fourth-order valence-corrected chi connectivity index (χ4v) is 5.72. The number of amides is 1. The van der Waals surface area contributed by atoms with E-state index in [0.29, 0.717) is 34.0 Å². The van der Waals surface area contributed by atoms with Gasteiger partial charge in [-0.1, -0.05) is 48.5 Å². The first kappa shape index (κ1) is 22.8. The van der Waals surface area contributed by atoms with Crippen molar-refractivity contribution in [3.63, 3.8) is 0 Å². The van der Waals surface area contributed by atoms with E-state index in [0.717, 1.165) is 0 Å². The van der Waals surface area contributed by atoms with Gasteiger partial charge in [0.15, 0.2) is 4.77 Å². The molecule has 12 heteroatoms. The van der Waals surface area contributed by atoms with Crippen LogP contribution < -0.4 is 16.2 Å². The van der Waals surface area contributed by atoms with Crippen molar-refractivity contribution in [2.24, 2.45) is 0 Å². The fraction of sp³-hybridized carbons (Fsp3) is 0.0370. The molecule has 4 heterocycles. The Morgan fingerprint density at radius 3 is 2.33 bits per heavy atom. The highest BCUT2D eigenvalue weighted by atomic mass is 32.1. The molecular weight excluding hydrogens is 518 g/mol. The van der Waals surface area contributed by atoms with Crippen molar-refractivity contribution in [2.75, 3.05) is 10.6 Å². The number of carbonyl (C=O) groups is 1. The Balaban J connectivity index is 1.69. The molecule has 0 fully saturated rings. The van der Waals surface area contributed by atoms with Crippen molar-refractivity contribution < 1.29 is 9.72 Å². The van der Waals surface area contributed by atoms with Gasteiger partial charge in [-0.3, -0.25) is 24.7 Å². The van der Waals surface area contributed by atoms with Crippen molar-refractivity contribution in [3.05, 3.63) is 121 Å². The minimum absolute atomic E-state index is 0.0325. The van der Waals surface area contributed by atoms with Gasteiger partial charge in [-0.2, -0.15) is 5.10 Å². The van der Waals surface area contributed by atoms with E-state index in [-0.39, 0.29) is 27.4 Å². The van der Waals surface area contributed by atoms with Crippen LogP contribution in [-0.4, -0.2) is 30.6 Å². The topological polar surface area (TPSA) is 151 Å². The van der Waals surface area contributed by atoms with Crippen LogP contribution in [0, 0.1) is 14.9 Å². The number of nitrogens with zero attached hydrogens (tertiary/aromatic N) is 3. The van der Waals surface area contributed by atoms with Gasteiger partial charge in [0.25, 0.3) is 11.2 Å². The lowest BCUT2D eigenvalue weighted by atomic mass is 9.68. The molecule has 1 spiro atoms. The summed E-state index contributed by atoms with van der Waals surface area (Å²) in [6.07, 6.45) is 0. The molecule has 2 aliphatic rings. The molecular formula is C27H17N7O4S. The molecule has 3 aromatic carbocycles. The molecule has 190 valence electrons. The molecule has 1 atom stereocenters. The number of aromatic nitrogens is 4. The van der Waals surface area contributed by atoms with Crippen LogP contribution in [0.3, 0.4) is 0 Å². The Hall–Kier alpha value is -5.36. The first-order valence-electron chi connectivity index (χ1n) is 11.9. The zero-order chi connectivity index (χ0) is 26.9. The summed E-state index contributed by atoms with van der Waals surface area (Å²) in [5.74, 6) is 0.0727. The minimum Gasteiger partial charge on any atom is -0.326 e. The second-order valence-corrected chi connectivity index (χ2v) is 9.57. The highest BCUT2D eigenvalue weighted by molar-refractivity contribution is 7.71. The fourth-order valence-electron chi connectivity index (χ4n) is 5.52. The largest absolute Gasteiger partial charge is 0.326 e. The van der Waals surface area contributed by atoms with Gasteiger partial charge in [0, 0.05) is 34.5 Å². The third kappa shape index (κ3) is 3.09. The Bertz CT molecular complexity index is 1960. The summed E-state index contributed by atoms with van der Waals surface area (Å²) in [5.41, 5.74) is 0.262. The zero-order valence-corrected chi connectivity index (χ0v) is 20.7. The lowest BCUT2D eigenvalue weighted by molar-refractivity contribution is -0.384. The lowest BCUT2D eigenvalue weighted by Gasteiger charge is -2.34. The molecule has 0 saturated heterocycles. The SMILES string of the molecule is O=C1Nc2ccc([N+](=O)[O-])cc2C12c1c(-c3ccccc3)nn(-c3ccccc3)c1Nc1[nH]c(=S)[nH]c(=O)c12. The summed E-state index contributed by atoms with van der Waals surface area (Å²) in [6, 6.07) is 22.7. The Kier molecular flexibility index (Phi) is 4.72. The summed E-state index contributed by atoms with van der Waals surface area (Å²) in [5, 5.41) is 22.9. The number of hydrogen-bond donors (Lipinski definition) is 4. The van der Waals surface area contributed by atoms with E-state index in [9.17, 15) is 19.7 Å². The standard InChI is InChI=1S/C27H17N7O4S/c35-24-20-22(30-26(39)31-24)29-23-19(27(20)17-13-16(34(37)38)11-12-18(17)28-25(27)36)21(14-7-3-1-4-8-14)32-33(23)15-9-5-2-6-10-15/h1-13H,(H,28,36)(H3,29,30,31,35,39). The third-order valence-corrected chi connectivity index (χ3v) is 7.28. The molecule has 0 bridgehead atoms. The monoisotopic (exact) mass is 535 g/mol. The molecule has 0 aliphatic carbocycles. The molecule has 1 unspecified atom stereocenters. The van der Waals surface area contributed by atoms with E-state index >= 15 is 0 Å². The molecule has 0 radical (unpaired) electrons. The number of non-ortho nitro benzene ring substituents is 1. The average molecular weight is 536 g/mol. The first-order valence-corrected chi connectivity index (χ1v) is 12.3. The molecule has 1 amide bonds. The number of H-pyrrole nitrogens is 2. The number of fused-ring (bicyclic) bond motifs is 6. The molecule has 4 N–H and O–H groups in total. The van der Waals surface area contributed by atoms with E-state index in [1.807, 2.05) is 60.7 Å². The number of nitro groups is 1. The summed E-state index contributed by atoms with van der Waals surface area (Å²) in [4.78, 5) is 44.7. The Morgan fingerprint density at radius 1 is 0.897 bits per heavy atom. The van der Waals surface area contributed by atoms with Crippen molar-refractivity contribution in [3.8, 4) is 16.9 Å². The lowest BCUT2D eigenvalue weighted by Crippen LogP contribution is -2.45. The van der Waals surface area contributed by atoms with Crippen LogP contribution in [-0.2, 0) is 10.2 Å². The van der Waals surface area contributed by atoms with E-state index in [1.54, 1.807) is 4.68 Å². The van der Waals surface area contributed by atoms with Crippen LogP contribution in [0.15, 0.2) is 83.7 Å². The predicted octanol–water partition coefficient (Wildman–Crippen LogP) is 4.54. The van der Waals surface area contributed by atoms with Gasteiger partial charge in [0.05, 0.1) is 21.9 Å². The van der Waals surface area contributed by atoms with Gasteiger partial charge in [-0.05, 0) is 30.4 Å². The second kappa shape index (κ2) is 8.07. The summed E-state index contributed by atoms with van der Waals surface area (Å²) in [6.45, 7) is 0. The van der Waals surface area contributed by atoms with Crippen LogP contribution in [0.4, 0.5) is 23.0 Å². The number of carbonyl (C=O) groups excluding carboxylic acids is 1. The van der Waals surface area contributed by atoms with E-state index in [2.05, 4.69) is 20.6 Å². The second-order valence-electron chi connectivity index (χ2n) is 9.16. The number of hydrogen-bond acceptors (Lipinski definition) is 7. The van der Waals surface area contributed by atoms with Gasteiger partial charge in [0.1, 0.15) is 17.1 Å². The van der Waals surface area contributed by atoms with Crippen molar-refractivity contribution in [2.45, 2.75) is 5.41 Å². The summed E-state index contributed by atoms with van der Waals surface area (Å²) in [7, 11) is 0. The zero-order valence-electron chi connectivity index (χ0n) is 19.9. The van der Waals surface area contributed by atoms with Crippen LogP contribution in [0.1, 0.15) is 16.7 Å². The molecule has 11 nitrogen and oxygen atoms in total. The van der Waals surface area contributed by atoms with Gasteiger partial charge >= 0.3 is 0 Å². The number of para-hydroxylation sites is 1. The number of anilines is 3. The van der Waals surface area contributed by atoms with Crippen molar-refractivity contribution in [1.82, 2.24) is 19.7 Å². The van der Waals surface area contributed by atoms with E-state index in [1.165, 1.54) is 18.2 Å². The maximum absolute atomic E-state index is 14.2. The van der Waals surface area contributed by atoms with Crippen molar-refractivity contribution >= 4 is 41.1 Å². The highest BCUT2D eigenvalue weighted by Gasteiger charge is 2.59. The van der Waals surface area contributed by atoms with Gasteiger partial charge in [-0.25, -0.2) is 4.68 Å². The molecule has 2 aromatic heterocycles. The number of nitro benzene ring substituents is 1. The number of nitrogens with one attached hydrogen (secondary N) is 4. The predicted molar refractivity (Wildman–Crippen MR) is 146 cm³/mol. The molecule has 2 aliphatic heterocycles. The minimum atomic E-state index is -1.79. The van der Waals surface area contributed by atoms with E-state index < -0.39 is 21.8 Å². The number of rotatable bonds is 3. The van der Waals surface area contributed by atoms with Crippen LogP contribution in [0.25, 0.3) is 16.9 Å². The van der Waals surface area contributed by atoms with Crippen LogP contribution in [0.5, 0.6) is 0 Å². The number of benzene rings is 3. The van der Waals surface area contributed by atoms with Gasteiger partial charge in [-0.15, -0.1) is 0 Å².